The van der Waals surface area contributed by atoms with Gasteiger partial charge >= 0.3 is 0 Å². The van der Waals surface area contributed by atoms with E-state index in [4.69, 9.17) is 5.11 Å². The number of H-pyrrole nitrogens is 1. The number of aromatic nitrogens is 4. The van der Waals surface area contributed by atoms with E-state index in [-0.39, 0.29) is 18.6 Å². The molecule has 102 valence electrons. The van der Waals surface area contributed by atoms with E-state index < -0.39 is 0 Å². The molecule has 1 heterocycles. The van der Waals surface area contributed by atoms with Crippen LogP contribution in [-0.2, 0) is 0 Å². The average Bonchev–Trinajstić information content (AvgIpc) is 2.99. The number of amides is 1. The van der Waals surface area contributed by atoms with Crippen molar-refractivity contribution in [3.05, 3.63) is 41.2 Å². The molecule has 2 rings (SSSR count). The minimum absolute atomic E-state index is 0.255. The van der Waals surface area contributed by atoms with Gasteiger partial charge in [-0.05, 0) is 19.1 Å². The first-order chi connectivity index (χ1) is 9.72. The highest BCUT2D eigenvalue weighted by atomic mass is 16.2. The van der Waals surface area contributed by atoms with Crippen molar-refractivity contribution >= 4 is 5.91 Å². The van der Waals surface area contributed by atoms with Crippen LogP contribution in [0.2, 0.25) is 0 Å². The number of carbonyl (C=O) groups is 1. The third kappa shape index (κ3) is 3.18. The van der Waals surface area contributed by atoms with E-state index in [1.54, 1.807) is 31.2 Å². The predicted octanol–water partition coefficient (Wildman–Crippen LogP) is 0.0345. The molecule has 0 saturated carbocycles. The summed E-state index contributed by atoms with van der Waals surface area (Å²) in [5.41, 5.74) is 0.989. The Bertz CT molecular complexity index is 642. The largest absolute Gasteiger partial charge is 0.384 e. The predicted molar refractivity (Wildman–Crippen MR) is 70.5 cm³/mol. The van der Waals surface area contributed by atoms with Gasteiger partial charge in [0.15, 0.2) is 5.82 Å². The highest BCUT2D eigenvalue weighted by Crippen LogP contribution is 2.10. The van der Waals surface area contributed by atoms with Crippen molar-refractivity contribution in [1.82, 2.24) is 25.9 Å². The number of nitrogens with one attached hydrogen (secondary N) is 2. The van der Waals surface area contributed by atoms with Crippen LogP contribution in [-0.4, -0.2) is 38.2 Å². The summed E-state index contributed by atoms with van der Waals surface area (Å²) in [5.74, 6) is 5.38. The number of nitrogens with zero attached hydrogens (tertiary/aromatic N) is 3. The minimum Gasteiger partial charge on any atom is -0.384 e. The van der Waals surface area contributed by atoms with Gasteiger partial charge in [-0.1, -0.05) is 29.2 Å². The van der Waals surface area contributed by atoms with E-state index >= 15 is 0 Å². The second kappa shape index (κ2) is 6.45. The average molecular weight is 271 g/mol. The number of rotatable bonds is 3. The Kier molecular flexibility index (Phi) is 4.42. The number of tetrazole rings is 1. The third-order valence-corrected chi connectivity index (χ3v) is 2.57. The molecule has 0 fully saturated rings. The highest BCUT2D eigenvalue weighted by Gasteiger charge is 2.16. The van der Waals surface area contributed by atoms with Crippen molar-refractivity contribution in [2.75, 3.05) is 6.61 Å². The first kappa shape index (κ1) is 13.7. The minimum atomic E-state index is -0.375. The number of carbonyl (C=O) groups excluding carboxylic acids is 1. The molecule has 1 aromatic heterocycles. The van der Waals surface area contributed by atoms with E-state index in [9.17, 15) is 4.79 Å². The van der Waals surface area contributed by atoms with Crippen LogP contribution in [0.25, 0.3) is 0 Å². The normalized spacial score (nSPS) is 11.3. The topological polar surface area (TPSA) is 104 Å². The molecular weight excluding hydrogens is 258 g/mol. The molecule has 0 spiro atoms. The summed E-state index contributed by atoms with van der Waals surface area (Å²) in [6.45, 7) is 1.50. The van der Waals surface area contributed by atoms with Crippen LogP contribution in [0.4, 0.5) is 0 Å². The number of hydrogen-bond donors (Lipinski definition) is 3. The standard InChI is InChI=1S/C13H13N5O2/c1-9(12-15-17-18-16-12)14-13(20)11-7-3-2-5-10(11)6-4-8-19/h2-3,5,7,9,19H,8H2,1H3,(H,14,20)(H,15,16,17,18). The molecule has 1 aromatic carbocycles. The number of hydrogen-bond acceptors (Lipinski definition) is 5. The second-order valence-electron chi connectivity index (χ2n) is 3.97. The van der Waals surface area contributed by atoms with Gasteiger partial charge < -0.3 is 10.4 Å². The zero-order chi connectivity index (χ0) is 14.4. The molecular formula is C13H13N5O2. The molecule has 3 N–H and O–H groups in total. The molecule has 0 aliphatic carbocycles. The summed E-state index contributed by atoms with van der Waals surface area (Å²) < 4.78 is 0. The lowest BCUT2D eigenvalue weighted by atomic mass is 10.1. The van der Waals surface area contributed by atoms with Crippen molar-refractivity contribution in [3.8, 4) is 11.8 Å². The molecule has 1 atom stereocenters. The van der Waals surface area contributed by atoms with Gasteiger partial charge in [0.25, 0.3) is 5.91 Å². The first-order valence-electron chi connectivity index (χ1n) is 5.95. The number of aromatic amines is 1. The molecule has 2 aromatic rings. The summed E-state index contributed by atoms with van der Waals surface area (Å²) in [6, 6.07) is 6.54. The van der Waals surface area contributed by atoms with E-state index in [0.717, 1.165) is 0 Å². The number of aliphatic hydroxyl groups excluding tert-OH is 1. The summed E-state index contributed by atoms with van der Waals surface area (Å²) in [7, 11) is 0. The summed E-state index contributed by atoms with van der Waals surface area (Å²) in [4.78, 5) is 12.2. The molecule has 1 amide bonds. The van der Waals surface area contributed by atoms with Crippen LogP contribution in [0.3, 0.4) is 0 Å². The van der Waals surface area contributed by atoms with Crippen molar-refractivity contribution in [2.24, 2.45) is 0 Å². The molecule has 7 nitrogen and oxygen atoms in total. The van der Waals surface area contributed by atoms with E-state index in [0.29, 0.717) is 17.0 Å². The van der Waals surface area contributed by atoms with Crippen LogP contribution in [0.15, 0.2) is 24.3 Å². The Morgan fingerprint density at radius 3 is 3.00 bits per heavy atom. The Morgan fingerprint density at radius 2 is 2.30 bits per heavy atom. The molecule has 0 bridgehead atoms. The smallest absolute Gasteiger partial charge is 0.253 e. The van der Waals surface area contributed by atoms with Gasteiger partial charge in [0, 0.05) is 5.56 Å². The van der Waals surface area contributed by atoms with Crippen LogP contribution in [0.1, 0.15) is 34.7 Å². The van der Waals surface area contributed by atoms with Crippen LogP contribution in [0, 0.1) is 11.8 Å². The molecule has 0 aliphatic rings. The second-order valence-corrected chi connectivity index (χ2v) is 3.97. The summed E-state index contributed by atoms with van der Waals surface area (Å²) >= 11 is 0. The molecule has 0 aliphatic heterocycles. The van der Waals surface area contributed by atoms with Crippen LogP contribution >= 0.6 is 0 Å². The lowest BCUT2D eigenvalue weighted by molar-refractivity contribution is 0.0938. The number of aliphatic hydroxyl groups is 1. The number of benzene rings is 1. The maximum atomic E-state index is 12.2. The van der Waals surface area contributed by atoms with Crippen molar-refractivity contribution in [2.45, 2.75) is 13.0 Å². The summed E-state index contributed by atoms with van der Waals surface area (Å²) in [5, 5.41) is 24.9. The Hall–Kier alpha value is -2.72. The van der Waals surface area contributed by atoms with Gasteiger partial charge in [-0.15, -0.1) is 10.2 Å². The fourth-order valence-electron chi connectivity index (χ4n) is 1.62. The Labute approximate surface area is 115 Å². The molecule has 0 saturated heterocycles. The maximum Gasteiger partial charge on any atom is 0.253 e. The fourth-order valence-corrected chi connectivity index (χ4v) is 1.62. The van der Waals surface area contributed by atoms with Crippen molar-refractivity contribution in [1.29, 1.82) is 0 Å². The van der Waals surface area contributed by atoms with Crippen LogP contribution in [0.5, 0.6) is 0 Å². The first-order valence-corrected chi connectivity index (χ1v) is 5.95. The highest BCUT2D eigenvalue weighted by molar-refractivity contribution is 5.96. The maximum absolute atomic E-state index is 12.2. The van der Waals surface area contributed by atoms with Crippen molar-refractivity contribution < 1.29 is 9.90 Å². The zero-order valence-corrected chi connectivity index (χ0v) is 10.8. The zero-order valence-electron chi connectivity index (χ0n) is 10.8. The van der Waals surface area contributed by atoms with Gasteiger partial charge in [-0.2, -0.15) is 5.21 Å². The molecule has 0 radical (unpaired) electrons. The Balaban J connectivity index is 2.17. The van der Waals surface area contributed by atoms with E-state index in [2.05, 4.69) is 37.8 Å². The van der Waals surface area contributed by atoms with Gasteiger partial charge in [0.2, 0.25) is 0 Å². The monoisotopic (exact) mass is 271 g/mol. The molecule has 1 unspecified atom stereocenters. The van der Waals surface area contributed by atoms with E-state index in [1.807, 2.05) is 0 Å². The van der Waals surface area contributed by atoms with Gasteiger partial charge in [-0.25, -0.2) is 0 Å². The van der Waals surface area contributed by atoms with Crippen LogP contribution < -0.4 is 5.32 Å². The fraction of sp³-hybridized carbons (Fsp3) is 0.231. The quantitative estimate of drug-likeness (QED) is 0.683. The SMILES string of the molecule is CC(NC(=O)c1ccccc1C#CCO)c1nn[nH]n1. The Morgan fingerprint density at radius 1 is 1.50 bits per heavy atom. The van der Waals surface area contributed by atoms with E-state index in [1.165, 1.54) is 0 Å². The van der Waals surface area contributed by atoms with Gasteiger partial charge in [0.05, 0.1) is 11.6 Å². The summed E-state index contributed by atoms with van der Waals surface area (Å²) in [6.07, 6.45) is 0. The van der Waals surface area contributed by atoms with Gasteiger partial charge in [0.1, 0.15) is 6.61 Å². The molecule has 20 heavy (non-hydrogen) atoms. The lowest BCUT2D eigenvalue weighted by Gasteiger charge is -2.11. The van der Waals surface area contributed by atoms with Crippen molar-refractivity contribution in [3.63, 3.8) is 0 Å². The lowest BCUT2D eigenvalue weighted by Crippen LogP contribution is -2.28. The van der Waals surface area contributed by atoms with Gasteiger partial charge in [-0.3, -0.25) is 4.79 Å². The third-order valence-electron chi connectivity index (χ3n) is 2.57. The molecule has 7 heteroatoms.